The van der Waals surface area contributed by atoms with E-state index >= 15 is 0 Å². The molecule has 0 spiro atoms. The fourth-order valence-electron chi connectivity index (χ4n) is 2.75. The maximum Gasteiger partial charge on any atom is 0.265 e. The van der Waals surface area contributed by atoms with E-state index in [9.17, 15) is 9.90 Å². The third-order valence-electron chi connectivity index (χ3n) is 3.96. The predicted molar refractivity (Wildman–Crippen MR) is 92.2 cm³/mol. The smallest absolute Gasteiger partial charge is 0.265 e. The number of rotatable bonds is 5. The van der Waals surface area contributed by atoms with Crippen LogP contribution in [0.4, 0.5) is 0 Å². The van der Waals surface area contributed by atoms with Gasteiger partial charge >= 0.3 is 0 Å². The lowest BCUT2D eigenvalue weighted by molar-refractivity contribution is 0.475. The molecule has 4 heteroatoms. The Morgan fingerprint density at radius 3 is 2.52 bits per heavy atom. The van der Waals surface area contributed by atoms with E-state index in [1.54, 1.807) is 34.9 Å². The highest BCUT2D eigenvalue weighted by Crippen LogP contribution is 2.17. The lowest BCUT2D eigenvalue weighted by Gasteiger charge is -2.13. The second kappa shape index (κ2) is 6.65. The molecule has 0 unspecified atom stereocenters. The van der Waals surface area contributed by atoms with Gasteiger partial charge in [0.05, 0.1) is 16.6 Å². The molecule has 0 bridgehead atoms. The van der Waals surface area contributed by atoms with Crippen molar-refractivity contribution in [1.82, 2.24) is 9.55 Å². The van der Waals surface area contributed by atoms with Crippen LogP contribution in [0.15, 0.2) is 53.3 Å². The Kier molecular flexibility index (Phi) is 4.42. The number of nitrogens with zero attached hydrogens (tertiary/aromatic N) is 2. The zero-order valence-electron chi connectivity index (χ0n) is 13.2. The van der Waals surface area contributed by atoms with Gasteiger partial charge < -0.3 is 5.11 Å². The summed E-state index contributed by atoms with van der Waals surface area (Å²) in [4.78, 5) is 17.6. The summed E-state index contributed by atoms with van der Waals surface area (Å²) in [6.45, 7) is 2.15. The molecule has 0 amide bonds. The van der Waals surface area contributed by atoms with E-state index in [-0.39, 0.29) is 11.3 Å². The van der Waals surface area contributed by atoms with Crippen molar-refractivity contribution in [2.75, 3.05) is 0 Å². The van der Waals surface area contributed by atoms with Gasteiger partial charge in [-0.15, -0.1) is 0 Å². The average Bonchev–Trinajstić information content (AvgIpc) is 2.57. The van der Waals surface area contributed by atoms with Crippen molar-refractivity contribution in [3.8, 4) is 11.4 Å². The normalized spacial score (nSPS) is 11.0. The number of unbranched alkanes of at least 4 members (excludes halogenated alkanes) is 2. The maximum absolute atomic E-state index is 12.9. The summed E-state index contributed by atoms with van der Waals surface area (Å²) in [5.74, 6) is 0.955. The summed E-state index contributed by atoms with van der Waals surface area (Å²) in [5, 5.41) is 10.1. The first kappa shape index (κ1) is 15.3. The van der Waals surface area contributed by atoms with Gasteiger partial charge in [-0.3, -0.25) is 9.36 Å². The van der Waals surface area contributed by atoms with Crippen LogP contribution < -0.4 is 5.56 Å². The van der Waals surface area contributed by atoms with Crippen LogP contribution in [0.25, 0.3) is 16.6 Å². The summed E-state index contributed by atoms with van der Waals surface area (Å²) in [6, 6.07) is 14.1. The van der Waals surface area contributed by atoms with E-state index in [1.807, 2.05) is 18.2 Å². The Labute approximate surface area is 135 Å². The monoisotopic (exact) mass is 308 g/mol. The Hall–Kier alpha value is -2.62. The molecule has 0 saturated carbocycles. The molecule has 118 valence electrons. The molecule has 0 aliphatic rings. The molecule has 1 heterocycles. The van der Waals surface area contributed by atoms with Crippen LogP contribution in [-0.4, -0.2) is 14.7 Å². The Balaban J connectivity index is 2.19. The molecule has 4 nitrogen and oxygen atoms in total. The molecule has 0 aliphatic carbocycles. The third-order valence-corrected chi connectivity index (χ3v) is 3.96. The van der Waals surface area contributed by atoms with Crippen LogP contribution in [0.2, 0.25) is 0 Å². The largest absolute Gasteiger partial charge is 0.508 e. The molecule has 1 aromatic heterocycles. The number of aromatic nitrogens is 2. The zero-order chi connectivity index (χ0) is 16.2. The van der Waals surface area contributed by atoms with Crippen molar-refractivity contribution in [2.24, 2.45) is 0 Å². The Morgan fingerprint density at radius 1 is 1.04 bits per heavy atom. The molecule has 1 N–H and O–H groups in total. The molecule has 0 atom stereocenters. The van der Waals surface area contributed by atoms with Gasteiger partial charge in [-0.25, -0.2) is 4.98 Å². The second-order valence-electron chi connectivity index (χ2n) is 5.66. The number of para-hydroxylation sites is 1. The highest BCUT2D eigenvalue weighted by atomic mass is 16.3. The number of aryl methyl sites for hydroxylation is 1. The van der Waals surface area contributed by atoms with E-state index in [4.69, 9.17) is 4.98 Å². The highest BCUT2D eigenvalue weighted by molar-refractivity contribution is 5.77. The van der Waals surface area contributed by atoms with E-state index in [0.717, 1.165) is 42.7 Å². The van der Waals surface area contributed by atoms with Crippen molar-refractivity contribution in [3.05, 3.63) is 64.7 Å². The van der Waals surface area contributed by atoms with Crippen LogP contribution in [0, 0.1) is 0 Å². The summed E-state index contributed by atoms with van der Waals surface area (Å²) in [5.41, 5.74) is 1.41. The number of phenols is 1. The maximum atomic E-state index is 12.9. The van der Waals surface area contributed by atoms with Crippen LogP contribution >= 0.6 is 0 Å². The van der Waals surface area contributed by atoms with Crippen LogP contribution in [0.5, 0.6) is 5.75 Å². The van der Waals surface area contributed by atoms with Crippen molar-refractivity contribution >= 4 is 10.9 Å². The standard InChI is InChI=1S/C19H20N2O2/c1-2-3-4-9-18-20-17-8-6-5-7-16(17)19(23)21(18)14-10-12-15(22)13-11-14/h5-8,10-13,22H,2-4,9H2,1H3. The first-order valence-corrected chi connectivity index (χ1v) is 8.01. The fraction of sp³-hybridized carbons (Fsp3) is 0.263. The molecular weight excluding hydrogens is 288 g/mol. The van der Waals surface area contributed by atoms with Gasteiger partial charge in [0.2, 0.25) is 0 Å². The molecule has 0 radical (unpaired) electrons. The molecule has 3 aromatic rings. The van der Waals surface area contributed by atoms with Crippen LogP contribution in [-0.2, 0) is 6.42 Å². The highest BCUT2D eigenvalue weighted by Gasteiger charge is 2.12. The van der Waals surface area contributed by atoms with Gasteiger partial charge in [0, 0.05) is 6.42 Å². The zero-order valence-corrected chi connectivity index (χ0v) is 13.2. The van der Waals surface area contributed by atoms with Crippen molar-refractivity contribution < 1.29 is 5.11 Å². The minimum Gasteiger partial charge on any atom is -0.508 e. The van der Waals surface area contributed by atoms with E-state index in [0.29, 0.717) is 5.39 Å². The lowest BCUT2D eigenvalue weighted by Crippen LogP contribution is -2.24. The minimum atomic E-state index is -0.0622. The summed E-state index contributed by atoms with van der Waals surface area (Å²) in [7, 11) is 0. The van der Waals surface area contributed by atoms with Gasteiger partial charge in [0.15, 0.2) is 0 Å². The van der Waals surface area contributed by atoms with Gasteiger partial charge in [-0.2, -0.15) is 0 Å². The quantitative estimate of drug-likeness (QED) is 0.729. The number of hydrogen-bond acceptors (Lipinski definition) is 3. The Bertz CT molecular complexity index is 867. The summed E-state index contributed by atoms with van der Waals surface area (Å²) < 4.78 is 1.66. The van der Waals surface area contributed by atoms with Crippen molar-refractivity contribution in [2.45, 2.75) is 32.6 Å². The van der Waals surface area contributed by atoms with Crippen LogP contribution in [0.3, 0.4) is 0 Å². The number of phenolic OH excluding ortho intramolecular Hbond substituents is 1. The van der Waals surface area contributed by atoms with Crippen molar-refractivity contribution in [3.63, 3.8) is 0 Å². The average molecular weight is 308 g/mol. The molecule has 0 aliphatic heterocycles. The fourth-order valence-corrected chi connectivity index (χ4v) is 2.75. The number of fused-ring (bicyclic) bond motifs is 1. The lowest BCUT2D eigenvalue weighted by atomic mass is 10.1. The molecular formula is C19H20N2O2. The molecule has 3 rings (SSSR count). The molecule has 0 saturated heterocycles. The van der Waals surface area contributed by atoms with E-state index in [2.05, 4.69) is 6.92 Å². The first-order chi connectivity index (χ1) is 11.2. The molecule has 0 fully saturated rings. The molecule has 2 aromatic carbocycles. The predicted octanol–water partition coefficient (Wildman–Crippen LogP) is 3.82. The third kappa shape index (κ3) is 3.11. The minimum absolute atomic E-state index is 0.0622. The first-order valence-electron chi connectivity index (χ1n) is 8.01. The molecule has 23 heavy (non-hydrogen) atoms. The second-order valence-corrected chi connectivity index (χ2v) is 5.66. The topological polar surface area (TPSA) is 55.1 Å². The van der Waals surface area contributed by atoms with E-state index in [1.165, 1.54) is 0 Å². The van der Waals surface area contributed by atoms with E-state index < -0.39 is 0 Å². The van der Waals surface area contributed by atoms with Crippen LogP contribution in [0.1, 0.15) is 32.0 Å². The van der Waals surface area contributed by atoms with Gasteiger partial charge in [-0.1, -0.05) is 31.9 Å². The van der Waals surface area contributed by atoms with Gasteiger partial charge in [0.25, 0.3) is 5.56 Å². The summed E-state index contributed by atoms with van der Waals surface area (Å²) >= 11 is 0. The number of benzene rings is 2. The SMILES string of the molecule is CCCCCc1nc2ccccc2c(=O)n1-c1ccc(O)cc1. The van der Waals surface area contributed by atoms with Gasteiger partial charge in [-0.05, 0) is 42.8 Å². The van der Waals surface area contributed by atoms with Gasteiger partial charge in [0.1, 0.15) is 11.6 Å². The number of aromatic hydroxyl groups is 1. The Morgan fingerprint density at radius 2 is 1.78 bits per heavy atom. The van der Waals surface area contributed by atoms with Crippen molar-refractivity contribution in [1.29, 1.82) is 0 Å². The number of hydrogen-bond donors (Lipinski definition) is 1. The summed E-state index contributed by atoms with van der Waals surface area (Å²) in [6.07, 6.45) is 3.99.